The van der Waals surface area contributed by atoms with Crippen molar-refractivity contribution in [1.82, 2.24) is 15.3 Å². The van der Waals surface area contributed by atoms with Crippen molar-refractivity contribution in [3.05, 3.63) is 11.8 Å². The highest BCUT2D eigenvalue weighted by atomic mass is 16.5. The van der Waals surface area contributed by atoms with Crippen molar-refractivity contribution < 1.29 is 9.47 Å². The van der Waals surface area contributed by atoms with Gasteiger partial charge in [0, 0.05) is 18.3 Å². The van der Waals surface area contributed by atoms with E-state index in [1.54, 1.807) is 6.07 Å². The summed E-state index contributed by atoms with van der Waals surface area (Å²) >= 11 is 0. The Balaban J connectivity index is 2.41. The Kier molecular flexibility index (Phi) is 6.32. The van der Waals surface area contributed by atoms with Gasteiger partial charge in [-0.2, -0.15) is 4.98 Å². The predicted molar refractivity (Wildman–Crippen MR) is 66.6 cm³/mol. The molecule has 0 amide bonds. The lowest BCUT2D eigenvalue weighted by Gasteiger charge is -2.08. The summed E-state index contributed by atoms with van der Waals surface area (Å²) in [5, 5.41) is 3.25. The molecule has 1 rings (SSSR count). The lowest BCUT2D eigenvalue weighted by Crippen LogP contribution is -2.22. The third-order valence-electron chi connectivity index (χ3n) is 2.04. The summed E-state index contributed by atoms with van der Waals surface area (Å²) in [6.07, 6.45) is 1.12. The highest BCUT2D eigenvalue weighted by Gasteiger charge is 2.03. The maximum atomic E-state index is 5.46. The molecule has 17 heavy (non-hydrogen) atoms. The zero-order valence-corrected chi connectivity index (χ0v) is 10.8. The van der Waals surface area contributed by atoms with E-state index >= 15 is 0 Å². The van der Waals surface area contributed by atoms with E-state index in [0.29, 0.717) is 25.1 Å². The predicted octanol–water partition coefficient (Wildman–Crippen LogP) is 1.56. The zero-order chi connectivity index (χ0) is 12.5. The monoisotopic (exact) mass is 239 g/mol. The summed E-state index contributed by atoms with van der Waals surface area (Å²) < 4.78 is 10.8. The van der Waals surface area contributed by atoms with Crippen LogP contribution in [-0.2, 0) is 0 Å². The van der Waals surface area contributed by atoms with Gasteiger partial charge >= 0.3 is 6.01 Å². The van der Waals surface area contributed by atoms with Crippen molar-refractivity contribution in [3.63, 3.8) is 0 Å². The number of aromatic nitrogens is 2. The second-order valence-corrected chi connectivity index (χ2v) is 3.66. The molecule has 1 heterocycles. The Bertz CT molecular complexity index is 332. The maximum absolute atomic E-state index is 5.46. The van der Waals surface area contributed by atoms with Crippen LogP contribution in [0, 0.1) is 6.92 Å². The Hall–Kier alpha value is -1.36. The molecule has 1 aromatic heterocycles. The molecule has 0 fully saturated rings. The maximum Gasteiger partial charge on any atom is 0.319 e. The molecule has 0 saturated heterocycles. The van der Waals surface area contributed by atoms with Crippen molar-refractivity contribution in [1.29, 1.82) is 0 Å². The van der Waals surface area contributed by atoms with Crippen LogP contribution >= 0.6 is 0 Å². The number of hydrogen-bond donors (Lipinski definition) is 1. The minimum atomic E-state index is 0.381. The highest BCUT2D eigenvalue weighted by molar-refractivity contribution is 5.17. The first-order valence-corrected chi connectivity index (χ1v) is 6.08. The van der Waals surface area contributed by atoms with E-state index in [9.17, 15) is 0 Å². The van der Waals surface area contributed by atoms with Crippen molar-refractivity contribution in [3.8, 4) is 11.9 Å². The summed E-state index contributed by atoms with van der Waals surface area (Å²) in [6, 6.07) is 2.18. The number of nitrogens with one attached hydrogen (secondary N) is 1. The van der Waals surface area contributed by atoms with Crippen LogP contribution in [0.5, 0.6) is 11.9 Å². The molecule has 0 aliphatic rings. The fourth-order valence-corrected chi connectivity index (χ4v) is 1.32. The van der Waals surface area contributed by atoms with E-state index in [-0.39, 0.29) is 0 Å². The fourth-order valence-electron chi connectivity index (χ4n) is 1.32. The molecule has 1 aromatic rings. The Morgan fingerprint density at radius 2 is 2.00 bits per heavy atom. The van der Waals surface area contributed by atoms with Crippen molar-refractivity contribution in [2.45, 2.75) is 27.2 Å². The minimum Gasteiger partial charge on any atom is -0.478 e. The normalized spacial score (nSPS) is 10.3. The van der Waals surface area contributed by atoms with Gasteiger partial charge in [0.05, 0.1) is 6.61 Å². The van der Waals surface area contributed by atoms with Crippen LogP contribution in [0.3, 0.4) is 0 Å². The second-order valence-electron chi connectivity index (χ2n) is 3.66. The van der Waals surface area contributed by atoms with E-state index in [1.165, 1.54) is 0 Å². The third kappa shape index (κ3) is 5.49. The number of ether oxygens (including phenoxy) is 2. The van der Waals surface area contributed by atoms with E-state index in [2.05, 4.69) is 22.2 Å². The third-order valence-corrected chi connectivity index (χ3v) is 2.04. The second kappa shape index (κ2) is 7.84. The van der Waals surface area contributed by atoms with Crippen LogP contribution in [0.15, 0.2) is 6.07 Å². The molecule has 1 N–H and O–H groups in total. The standard InChI is InChI=1S/C12H21N3O2/c1-4-6-13-7-8-17-12-14-10(3)9-11(15-12)16-5-2/h9,13H,4-8H2,1-3H3. The van der Waals surface area contributed by atoms with Crippen molar-refractivity contribution in [2.75, 3.05) is 26.3 Å². The largest absolute Gasteiger partial charge is 0.478 e. The first-order chi connectivity index (χ1) is 8.26. The van der Waals surface area contributed by atoms with Crippen LogP contribution in [0.2, 0.25) is 0 Å². The van der Waals surface area contributed by atoms with Gasteiger partial charge in [-0.1, -0.05) is 6.92 Å². The molecular formula is C12H21N3O2. The van der Waals surface area contributed by atoms with Gasteiger partial charge in [-0.05, 0) is 26.8 Å². The molecule has 0 unspecified atom stereocenters. The lowest BCUT2D eigenvalue weighted by molar-refractivity contribution is 0.274. The number of hydrogen-bond acceptors (Lipinski definition) is 5. The number of rotatable bonds is 8. The lowest BCUT2D eigenvalue weighted by atomic mass is 10.4. The van der Waals surface area contributed by atoms with Crippen molar-refractivity contribution >= 4 is 0 Å². The SMILES string of the molecule is CCCNCCOc1nc(C)cc(OCC)n1. The number of aryl methyl sites for hydroxylation is 1. The topological polar surface area (TPSA) is 56.3 Å². The van der Waals surface area contributed by atoms with Gasteiger partial charge in [0.2, 0.25) is 5.88 Å². The molecule has 0 spiro atoms. The van der Waals surface area contributed by atoms with E-state index in [4.69, 9.17) is 9.47 Å². The summed E-state index contributed by atoms with van der Waals surface area (Å²) in [6.45, 7) is 8.91. The van der Waals surface area contributed by atoms with E-state index in [0.717, 1.165) is 25.2 Å². The van der Waals surface area contributed by atoms with Gasteiger partial charge < -0.3 is 14.8 Å². The molecule has 0 bridgehead atoms. The van der Waals surface area contributed by atoms with Crippen LogP contribution in [0.25, 0.3) is 0 Å². The smallest absolute Gasteiger partial charge is 0.319 e. The molecule has 0 saturated carbocycles. The molecule has 5 heteroatoms. The Morgan fingerprint density at radius 1 is 1.18 bits per heavy atom. The molecule has 96 valence electrons. The Morgan fingerprint density at radius 3 is 2.71 bits per heavy atom. The first kappa shape index (κ1) is 13.7. The summed E-state index contributed by atoms with van der Waals surface area (Å²) in [5.74, 6) is 0.566. The molecule has 0 atom stereocenters. The molecule has 0 aliphatic carbocycles. The zero-order valence-electron chi connectivity index (χ0n) is 10.8. The highest BCUT2D eigenvalue weighted by Crippen LogP contribution is 2.13. The molecular weight excluding hydrogens is 218 g/mol. The van der Waals surface area contributed by atoms with Crippen LogP contribution < -0.4 is 14.8 Å². The summed E-state index contributed by atoms with van der Waals surface area (Å²) in [7, 11) is 0. The average Bonchev–Trinajstić information content (AvgIpc) is 2.28. The van der Waals surface area contributed by atoms with E-state index < -0.39 is 0 Å². The van der Waals surface area contributed by atoms with Crippen LogP contribution in [-0.4, -0.2) is 36.3 Å². The van der Waals surface area contributed by atoms with Gasteiger partial charge in [-0.3, -0.25) is 0 Å². The quantitative estimate of drug-likeness (QED) is 0.698. The van der Waals surface area contributed by atoms with Gasteiger partial charge in [-0.15, -0.1) is 0 Å². The van der Waals surface area contributed by atoms with Gasteiger partial charge in [0.25, 0.3) is 0 Å². The minimum absolute atomic E-state index is 0.381. The van der Waals surface area contributed by atoms with Crippen molar-refractivity contribution in [2.24, 2.45) is 0 Å². The summed E-state index contributed by atoms with van der Waals surface area (Å²) in [5.41, 5.74) is 0.847. The number of nitrogens with zero attached hydrogens (tertiary/aromatic N) is 2. The molecule has 0 radical (unpaired) electrons. The van der Waals surface area contributed by atoms with Gasteiger partial charge in [-0.25, -0.2) is 4.98 Å². The summed E-state index contributed by atoms with van der Waals surface area (Å²) in [4.78, 5) is 8.35. The van der Waals surface area contributed by atoms with E-state index in [1.807, 2.05) is 13.8 Å². The van der Waals surface area contributed by atoms with Gasteiger partial charge in [0.15, 0.2) is 0 Å². The average molecular weight is 239 g/mol. The molecule has 5 nitrogen and oxygen atoms in total. The van der Waals surface area contributed by atoms with Crippen LogP contribution in [0.1, 0.15) is 26.0 Å². The molecule has 0 aromatic carbocycles. The van der Waals surface area contributed by atoms with Crippen LogP contribution in [0.4, 0.5) is 0 Å². The molecule has 0 aliphatic heterocycles. The Labute approximate surface area is 103 Å². The van der Waals surface area contributed by atoms with Gasteiger partial charge in [0.1, 0.15) is 6.61 Å². The first-order valence-electron chi connectivity index (χ1n) is 6.08. The fraction of sp³-hybridized carbons (Fsp3) is 0.667.